The normalized spacial score (nSPS) is 10.6. The van der Waals surface area contributed by atoms with Crippen molar-refractivity contribution in [2.24, 2.45) is 0 Å². The molecule has 2 N–H and O–H groups in total. The molecular formula is C15H12FN3OS. The Morgan fingerprint density at radius 1 is 1.19 bits per heavy atom. The van der Waals surface area contributed by atoms with Crippen LogP contribution in [-0.2, 0) is 4.79 Å². The van der Waals surface area contributed by atoms with Gasteiger partial charge in [-0.1, -0.05) is 17.4 Å². The summed E-state index contributed by atoms with van der Waals surface area (Å²) in [5.74, 6) is -0.395. The fourth-order valence-corrected chi connectivity index (χ4v) is 2.86. The van der Waals surface area contributed by atoms with Gasteiger partial charge in [0.25, 0.3) is 0 Å². The van der Waals surface area contributed by atoms with E-state index in [1.165, 1.54) is 30.4 Å². The van der Waals surface area contributed by atoms with Gasteiger partial charge in [0, 0.05) is 18.3 Å². The van der Waals surface area contributed by atoms with Crippen LogP contribution in [0.4, 0.5) is 20.9 Å². The smallest absolute Gasteiger partial charge is 0.221 e. The summed E-state index contributed by atoms with van der Waals surface area (Å²) in [7, 11) is 0. The number of rotatable bonds is 3. The van der Waals surface area contributed by atoms with Gasteiger partial charge < -0.3 is 10.6 Å². The van der Waals surface area contributed by atoms with Crippen LogP contribution in [0.25, 0.3) is 10.2 Å². The molecule has 0 saturated carbocycles. The predicted molar refractivity (Wildman–Crippen MR) is 83.6 cm³/mol. The molecule has 1 heterocycles. The summed E-state index contributed by atoms with van der Waals surface area (Å²) < 4.78 is 14.0. The Hall–Kier alpha value is -2.47. The van der Waals surface area contributed by atoms with Gasteiger partial charge >= 0.3 is 0 Å². The molecule has 0 atom stereocenters. The molecule has 0 radical (unpaired) electrons. The number of nitrogens with zero attached hydrogens (tertiary/aromatic N) is 1. The van der Waals surface area contributed by atoms with E-state index in [0.717, 1.165) is 15.9 Å². The maximum atomic E-state index is 13.2. The highest BCUT2D eigenvalue weighted by atomic mass is 32.1. The maximum absolute atomic E-state index is 13.2. The number of carbonyl (C=O) groups excluding carboxylic acids is 1. The van der Waals surface area contributed by atoms with Crippen LogP contribution < -0.4 is 10.6 Å². The van der Waals surface area contributed by atoms with Gasteiger partial charge in [0.15, 0.2) is 5.13 Å². The highest BCUT2D eigenvalue weighted by Gasteiger charge is 2.05. The molecule has 0 bridgehead atoms. The molecule has 0 aliphatic heterocycles. The lowest BCUT2D eigenvalue weighted by Crippen LogP contribution is -2.05. The summed E-state index contributed by atoms with van der Waals surface area (Å²) in [4.78, 5) is 15.4. The second-order valence-corrected chi connectivity index (χ2v) is 5.55. The van der Waals surface area contributed by atoms with Gasteiger partial charge in [0.1, 0.15) is 5.82 Å². The topological polar surface area (TPSA) is 54.0 Å². The number of hydrogen-bond acceptors (Lipinski definition) is 4. The number of fused-ring (bicyclic) bond motifs is 1. The third kappa shape index (κ3) is 3.17. The summed E-state index contributed by atoms with van der Waals surface area (Å²) in [5.41, 5.74) is 2.27. The molecule has 2 aromatic carbocycles. The number of thiazole rings is 1. The summed E-state index contributed by atoms with van der Waals surface area (Å²) in [5, 5.41) is 6.56. The standard InChI is InChI=1S/C15H12FN3OS/c1-9(20)17-11-3-2-4-12(8-11)18-15-19-13-6-5-10(16)7-14(13)21-15/h2-8H,1H3,(H,17,20)(H,18,19). The third-order valence-corrected chi connectivity index (χ3v) is 3.72. The SMILES string of the molecule is CC(=O)Nc1cccc(Nc2nc3ccc(F)cc3s2)c1. The minimum Gasteiger partial charge on any atom is -0.331 e. The van der Waals surface area contributed by atoms with E-state index in [4.69, 9.17) is 0 Å². The van der Waals surface area contributed by atoms with Crippen LogP contribution in [0.2, 0.25) is 0 Å². The molecule has 4 nitrogen and oxygen atoms in total. The Labute approximate surface area is 124 Å². The summed E-state index contributed by atoms with van der Waals surface area (Å²) in [6.45, 7) is 1.46. The average molecular weight is 301 g/mol. The van der Waals surface area contributed by atoms with Crippen LogP contribution in [0.1, 0.15) is 6.92 Å². The van der Waals surface area contributed by atoms with E-state index in [9.17, 15) is 9.18 Å². The Morgan fingerprint density at radius 2 is 2.00 bits per heavy atom. The molecule has 0 saturated heterocycles. The molecule has 6 heteroatoms. The Balaban J connectivity index is 1.86. The van der Waals surface area contributed by atoms with E-state index in [2.05, 4.69) is 15.6 Å². The van der Waals surface area contributed by atoms with Crippen molar-refractivity contribution in [3.8, 4) is 0 Å². The highest BCUT2D eigenvalue weighted by molar-refractivity contribution is 7.22. The van der Waals surface area contributed by atoms with Crippen LogP contribution in [-0.4, -0.2) is 10.9 Å². The fraction of sp³-hybridized carbons (Fsp3) is 0.0667. The van der Waals surface area contributed by atoms with E-state index in [0.29, 0.717) is 10.8 Å². The Kier molecular flexibility index (Phi) is 3.53. The third-order valence-electron chi connectivity index (χ3n) is 2.78. The zero-order valence-corrected chi connectivity index (χ0v) is 12.0. The van der Waals surface area contributed by atoms with Crippen molar-refractivity contribution in [2.45, 2.75) is 6.92 Å². The van der Waals surface area contributed by atoms with Gasteiger partial charge in [-0.2, -0.15) is 0 Å². The van der Waals surface area contributed by atoms with E-state index in [1.807, 2.05) is 18.2 Å². The van der Waals surface area contributed by atoms with Gasteiger partial charge in [-0.05, 0) is 36.4 Å². The largest absolute Gasteiger partial charge is 0.331 e. The second-order valence-electron chi connectivity index (χ2n) is 4.52. The van der Waals surface area contributed by atoms with Crippen molar-refractivity contribution in [3.63, 3.8) is 0 Å². The van der Waals surface area contributed by atoms with Crippen molar-refractivity contribution < 1.29 is 9.18 Å². The van der Waals surface area contributed by atoms with E-state index >= 15 is 0 Å². The zero-order valence-electron chi connectivity index (χ0n) is 11.2. The molecule has 0 aliphatic rings. The first kappa shape index (κ1) is 13.5. The number of hydrogen-bond donors (Lipinski definition) is 2. The summed E-state index contributed by atoms with van der Waals surface area (Å²) in [6.07, 6.45) is 0. The van der Waals surface area contributed by atoms with Crippen LogP contribution in [0.15, 0.2) is 42.5 Å². The summed E-state index contributed by atoms with van der Waals surface area (Å²) >= 11 is 1.38. The monoisotopic (exact) mass is 301 g/mol. The first-order valence-electron chi connectivity index (χ1n) is 6.31. The fourth-order valence-electron chi connectivity index (χ4n) is 1.95. The van der Waals surface area contributed by atoms with Crippen LogP contribution in [0.5, 0.6) is 0 Å². The number of halogens is 1. The van der Waals surface area contributed by atoms with E-state index in [-0.39, 0.29) is 11.7 Å². The zero-order chi connectivity index (χ0) is 14.8. The van der Waals surface area contributed by atoms with Crippen molar-refractivity contribution in [1.29, 1.82) is 0 Å². The van der Waals surface area contributed by atoms with E-state index < -0.39 is 0 Å². The highest BCUT2D eigenvalue weighted by Crippen LogP contribution is 2.29. The summed E-state index contributed by atoms with van der Waals surface area (Å²) in [6, 6.07) is 11.8. The van der Waals surface area contributed by atoms with Crippen molar-refractivity contribution in [3.05, 3.63) is 48.3 Å². The average Bonchev–Trinajstić information content (AvgIpc) is 2.79. The first-order valence-corrected chi connectivity index (χ1v) is 7.12. The van der Waals surface area contributed by atoms with E-state index in [1.54, 1.807) is 12.1 Å². The number of anilines is 3. The van der Waals surface area contributed by atoms with Crippen molar-refractivity contribution in [1.82, 2.24) is 4.98 Å². The number of benzene rings is 2. The van der Waals surface area contributed by atoms with Crippen LogP contribution >= 0.6 is 11.3 Å². The first-order chi connectivity index (χ1) is 10.1. The minimum absolute atomic E-state index is 0.123. The number of carbonyl (C=O) groups is 1. The lowest BCUT2D eigenvalue weighted by Gasteiger charge is -2.06. The lowest BCUT2D eigenvalue weighted by atomic mass is 10.3. The molecular weight excluding hydrogens is 289 g/mol. The molecule has 1 aromatic heterocycles. The quantitative estimate of drug-likeness (QED) is 0.764. The van der Waals surface area contributed by atoms with Gasteiger partial charge in [0.05, 0.1) is 10.2 Å². The number of amides is 1. The molecule has 3 aromatic rings. The molecule has 21 heavy (non-hydrogen) atoms. The van der Waals surface area contributed by atoms with Gasteiger partial charge in [-0.25, -0.2) is 9.37 Å². The molecule has 0 unspecified atom stereocenters. The molecule has 106 valence electrons. The Bertz CT molecular complexity index is 816. The van der Waals surface area contributed by atoms with Crippen molar-refractivity contribution >= 4 is 44.0 Å². The predicted octanol–water partition coefficient (Wildman–Crippen LogP) is 4.14. The molecule has 0 fully saturated rings. The molecule has 0 aliphatic carbocycles. The molecule has 3 rings (SSSR count). The maximum Gasteiger partial charge on any atom is 0.221 e. The van der Waals surface area contributed by atoms with Crippen LogP contribution in [0, 0.1) is 5.82 Å². The lowest BCUT2D eigenvalue weighted by molar-refractivity contribution is -0.114. The van der Waals surface area contributed by atoms with Crippen LogP contribution in [0.3, 0.4) is 0 Å². The Morgan fingerprint density at radius 3 is 2.81 bits per heavy atom. The van der Waals surface area contributed by atoms with Crippen molar-refractivity contribution in [2.75, 3.05) is 10.6 Å². The van der Waals surface area contributed by atoms with Gasteiger partial charge in [-0.3, -0.25) is 4.79 Å². The van der Waals surface area contributed by atoms with Gasteiger partial charge in [0.2, 0.25) is 5.91 Å². The number of aromatic nitrogens is 1. The number of nitrogens with one attached hydrogen (secondary N) is 2. The minimum atomic E-state index is -0.273. The molecule has 0 spiro atoms. The second kappa shape index (κ2) is 5.49. The van der Waals surface area contributed by atoms with Gasteiger partial charge in [-0.15, -0.1) is 0 Å². The molecule has 1 amide bonds.